The molecule has 60 valence electrons. The van der Waals surface area contributed by atoms with Crippen LogP contribution in [0.3, 0.4) is 0 Å². The summed E-state index contributed by atoms with van der Waals surface area (Å²) >= 11 is 0. The summed E-state index contributed by atoms with van der Waals surface area (Å²) in [6.07, 6.45) is 6.26. The van der Waals surface area contributed by atoms with Crippen LogP contribution in [0.5, 0.6) is 0 Å². The zero-order chi connectivity index (χ0) is 8.67. The van der Waals surface area contributed by atoms with E-state index in [9.17, 15) is 0 Å². The van der Waals surface area contributed by atoms with Crippen molar-refractivity contribution in [3.8, 4) is 0 Å². The van der Waals surface area contributed by atoms with Crippen LogP contribution in [0.25, 0.3) is 16.8 Å². The van der Waals surface area contributed by atoms with Crippen molar-refractivity contribution >= 4 is 16.8 Å². The largest absolute Gasteiger partial charge is 0.0613 e. The number of hydrogen-bond acceptors (Lipinski definition) is 0. The van der Waals surface area contributed by atoms with Crippen molar-refractivity contribution < 1.29 is 0 Å². The predicted octanol–water partition coefficient (Wildman–Crippen LogP) is 3.01. The smallest absolute Gasteiger partial charge is 0.00163 e. The van der Waals surface area contributed by atoms with Crippen LogP contribution >= 0.6 is 0 Å². The number of rotatable bonds is 0. The van der Waals surface area contributed by atoms with Gasteiger partial charge in [0.25, 0.3) is 0 Å². The first-order valence-electron chi connectivity index (χ1n) is 4.43. The van der Waals surface area contributed by atoms with Gasteiger partial charge in [0, 0.05) is 0 Å². The molecule has 0 spiro atoms. The lowest BCUT2D eigenvalue weighted by molar-refractivity contribution is 1.25. The van der Waals surface area contributed by atoms with E-state index < -0.39 is 0 Å². The summed E-state index contributed by atoms with van der Waals surface area (Å²) in [6.45, 7) is 0. The van der Waals surface area contributed by atoms with Gasteiger partial charge < -0.3 is 0 Å². The van der Waals surface area contributed by atoms with E-state index in [4.69, 9.17) is 0 Å². The highest BCUT2D eigenvalue weighted by Gasteiger charge is 2.06. The third-order valence-electron chi connectivity index (χ3n) is 2.50. The van der Waals surface area contributed by atoms with Gasteiger partial charge in [-0.1, -0.05) is 24.3 Å². The second kappa shape index (κ2) is 2.46. The second-order valence-electron chi connectivity index (χ2n) is 3.32. The molecule has 2 aromatic carbocycles. The maximum absolute atomic E-state index is 3.26. The standard InChI is InChI=1S/C13H8/c1-4-10-6-2-8-12-9-3-7-11(5-1)13(10)12/h1,4-6,8-9H,7H2. The van der Waals surface area contributed by atoms with E-state index in [-0.39, 0.29) is 0 Å². The summed E-state index contributed by atoms with van der Waals surface area (Å²) in [5.74, 6) is 0. The quantitative estimate of drug-likeness (QED) is 0.561. The van der Waals surface area contributed by atoms with Crippen LogP contribution < -0.4 is 0 Å². The molecule has 0 amide bonds. The molecular formula is C13H8. The van der Waals surface area contributed by atoms with Gasteiger partial charge in [-0.25, -0.2) is 0 Å². The zero-order valence-electron chi connectivity index (χ0n) is 7.17. The Morgan fingerprint density at radius 2 is 2.15 bits per heavy atom. The topological polar surface area (TPSA) is 0 Å². The van der Waals surface area contributed by atoms with E-state index in [1.807, 2.05) is 12.1 Å². The van der Waals surface area contributed by atoms with Crippen molar-refractivity contribution in [3.63, 3.8) is 0 Å². The lowest BCUT2D eigenvalue weighted by Crippen LogP contribution is -1.92. The number of hydrogen-bond donors (Lipinski definition) is 0. The van der Waals surface area contributed by atoms with Crippen molar-refractivity contribution in [2.24, 2.45) is 0 Å². The molecule has 1 aliphatic rings. The van der Waals surface area contributed by atoms with Crippen LogP contribution in [0.15, 0.2) is 30.3 Å². The van der Waals surface area contributed by atoms with E-state index in [0.717, 1.165) is 6.42 Å². The highest BCUT2D eigenvalue weighted by atomic mass is 14.1. The average molecular weight is 164 g/mol. The van der Waals surface area contributed by atoms with Gasteiger partial charge in [-0.3, -0.25) is 0 Å². The highest BCUT2D eigenvalue weighted by molar-refractivity contribution is 5.94. The predicted molar refractivity (Wildman–Crippen MR) is 54.2 cm³/mol. The fraction of sp³-hybridized carbons (Fsp3) is 0.0769. The van der Waals surface area contributed by atoms with E-state index in [1.165, 1.54) is 21.9 Å². The first kappa shape index (κ1) is 6.90. The molecule has 0 saturated carbocycles. The van der Waals surface area contributed by atoms with Crippen molar-refractivity contribution in [1.29, 1.82) is 0 Å². The van der Waals surface area contributed by atoms with Crippen LogP contribution in [0.1, 0.15) is 11.1 Å². The first-order valence-corrected chi connectivity index (χ1v) is 4.43. The number of benzene rings is 2. The van der Waals surface area contributed by atoms with Gasteiger partial charge in [0.2, 0.25) is 0 Å². The van der Waals surface area contributed by atoms with E-state index >= 15 is 0 Å². The Bertz CT molecular complexity index is 487. The Balaban J connectivity index is 2.56. The molecule has 1 aliphatic carbocycles. The summed E-state index contributed by atoms with van der Waals surface area (Å²) in [4.78, 5) is 0. The molecule has 2 radical (unpaired) electrons. The van der Waals surface area contributed by atoms with Crippen molar-refractivity contribution in [3.05, 3.63) is 53.6 Å². The number of allylic oxidation sites excluding steroid dienone is 1. The maximum Gasteiger partial charge on any atom is -0.00163 e. The van der Waals surface area contributed by atoms with Crippen molar-refractivity contribution in [1.82, 2.24) is 0 Å². The molecule has 13 heavy (non-hydrogen) atoms. The molecule has 0 aliphatic heterocycles. The van der Waals surface area contributed by atoms with Crippen LogP contribution in [0, 0.1) is 12.1 Å². The monoisotopic (exact) mass is 164 g/mol. The first-order chi connectivity index (χ1) is 6.45. The average Bonchev–Trinajstić information content (AvgIpc) is 2.19. The van der Waals surface area contributed by atoms with Gasteiger partial charge in [0.05, 0.1) is 0 Å². The zero-order valence-corrected chi connectivity index (χ0v) is 7.17. The molecule has 0 heterocycles. The van der Waals surface area contributed by atoms with E-state index in [0.29, 0.717) is 0 Å². The lowest BCUT2D eigenvalue weighted by Gasteiger charge is -2.10. The Labute approximate surface area is 77.5 Å². The molecule has 0 N–H and O–H groups in total. The molecule has 0 nitrogen and oxygen atoms in total. The SMILES string of the molecule is [C]1=Cc2c[c]cc3cccc(c23)C1. The third-order valence-corrected chi connectivity index (χ3v) is 2.50. The van der Waals surface area contributed by atoms with Crippen molar-refractivity contribution in [2.75, 3.05) is 0 Å². The fourth-order valence-electron chi connectivity index (χ4n) is 1.92. The minimum absolute atomic E-state index is 0.939. The Morgan fingerprint density at radius 1 is 1.15 bits per heavy atom. The summed E-state index contributed by atoms with van der Waals surface area (Å²) < 4.78 is 0. The summed E-state index contributed by atoms with van der Waals surface area (Å²) in [5, 5.41) is 2.66. The molecule has 2 aromatic rings. The van der Waals surface area contributed by atoms with Gasteiger partial charge in [-0.2, -0.15) is 0 Å². The molecule has 0 saturated heterocycles. The van der Waals surface area contributed by atoms with Crippen molar-refractivity contribution in [2.45, 2.75) is 6.42 Å². The highest BCUT2D eigenvalue weighted by Crippen LogP contribution is 2.27. The van der Waals surface area contributed by atoms with Crippen LogP contribution in [0.4, 0.5) is 0 Å². The molecule has 0 bridgehead atoms. The fourth-order valence-corrected chi connectivity index (χ4v) is 1.92. The normalized spacial score (nSPS) is 13.5. The summed E-state index contributed by atoms with van der Waals surface area (Å²) in [6, 6.07) is 13.6. The maximum atomic E-state index is 3.26. The minimum Gasteiger partial charge on any atom is -0.0613 e. The van der Waals surface area contributed by atoms with Gasteiger partial charge in [-0.05, 0) is 52.6 Å². The molecule has 0 heteroatoms. The Morgan fingerprint density at radius 3 is 3.15 bits per heavy atom. The lowest BCUT2D eigenvalue weighted by atomic mass is 9.93. The molecule has 0 atom stereocenters. The van der Waals surface area contributed by atoms with Crippen LogP contribution in [-0.2, 0) is 6.42 Å². The molecule has 0 aromatic heterocycles. The molecule has 0 fully saturated rings. The van der Waals surface area contributed by atoms with Gasteiger partial charge in [0.15, 0.2) is 0 Å². The van der Waals surface area contributed by atoms with Crippen LogP contribution in [0.2, 0.25) is 0 Å². The van der Waals surface area contributed by atoms with E-state index in [1.54, 1.807) is 0 Å². The Kier molecular flexibility index (Phi) is 1.31. The second-order valence-corrected chi connectivity index (χ2v) is 3.32. The Hall–Kier alpha value is -1.56. The van der Waals surface area contributed by atoms with Gasteiger partial charge in [-0.15, -0.1) is 0 Å². The molecular weight excluding hydrogens is 156 g/mol. The van der Waals surface area contributed by atoms with Gasteiger partial charge in [0.1, 0.15) is 0 Å². The van der Waals surface area contributed by atoms with Crippen LogP contribution in [-0.4, -0.2) is 0 Å². The van der Waals surface area contributed by atoms with E-state index in [2.05, 4.69) is 36.4 Å². The third kappa shape index (κ3) is 0.919. The summed E-state index contributed by atoms with van der Waals surface area (Å²) in [5.41, 5.74) is 2.63. The summed E-state index contributed by atoms with van der Waals surface area (Å²) in [7, 11) is 0. The molecule has 0 unspecified atom stereocenters. The minimum atomic E-state index is 0.939. The van der Waals surface area contributed by atoms with Gasteiger partial charge >= 0.3 is 0 Å². The molecule has 3 rings (SSSR count).